The van der Waals surface area contributed by atoms with Crippen LogP contribution in [0.3, 0.4) is 0 Å². The Morgan fingerprint density at radius 2 is 1.93 bits per heavy atom. The summed E-state index contributed by atoms with van der Waals surface area (Å²) in [5.74, 6) is 3.19. The van der Waals surface area contributed by atoms with Crippen LogP contribution in [0.5, 0.6) is 0 Å². The van der Waals surface area contributed by atoms with E-state index in [0.717, 1.165) is 41.2 Å². The molecule has 0 saturated carbocycles. The van der Waals surface area contributed by atoms with Gasteiger partial charge >= 0.3 is 0 Å². The van der Waals surface area contributed by atoms with Crippen molar-refractivity contribution in [3.05, 3.63) is 54.6 Å². The molecule has 4 rings (SSSR count). The third-order valence-electron chi connectivity index (χ3n) is 5.65. The van der Waals surface area contributed by atoms with E-state index in [1.165, 1.54) is 0 Å². The van der Waals surface area contributed by atoms with Crippen LogP contribution in [-0.4, -0.2) is 31.5 Å². The second kappa shape index (κ2) is 7.43. The molecule has 0 aliphatic carbocycles. The monoisotopic (exact) mass is 382 g/mol. The fourth-order valence-electron chi connectivity index (χ4n) is 4.14. The van der Waals surface area contributed by atoms with Crippen molar-refractivity contribution < 1.29 is 4.79 Å². The van der Waals surface area contributed by atoms with Crippen LogP contribution in [0.15, 0.2) is 48.8 Å². The third kappa shape index (κ3) is 3.50. The molecule has 0 bridgehead atoms. The molecule has 5 nitrogen and oxygen atoms in total. The van der Waals surface area contributed by atoms with E-state index in [1.807, 2.05) is 56.1 Å². The number of aromatic nitrogens is 3. The standard InChI is InChI=1S/C21H26N4OS/c1-16(20-23-17-7-3-4-8-18(17)24(20)2)22-19(26)15-21(9-13-27-14-10-21)25-11-5-6-12-25/h3-8,11-12,16H,9-10,13-15H2,1-2H3,(H,22,26). The van der Waals surface area contributed by atoms with Crippen LogP contribution in [0.2, 0.25) is 0 Å². The second-order valence-electron chi connectivity index (χ2n) is 7.41. The van der Waals surface area contributed by atoms with Crippen molar-refractivity contribution >= 4 is 28.7 Å². The zero-order valence-corrected chi connectivity index (χ0v) is 16.7. The van der Waals surface area contributed by atoms with E-state index in [9.17, 15) is 4.79 Å². The van der Waals surface area contributed by atoms with E-state index >= 15 is 0 Å². The maximum atomic E-state index is 13.0. The predicted molar refractivity (Wildman–Crippen MR) is 111 cm³/mol. The molecular weight excluding hydrogens is 356 g/mol. The van der Waals surface area contributed by atoms with Gasteiger partial charge in [0.2, 0.25) is 5.91 Å². The molecule has 142 valence electrons. The van der Waals surface area contributed by atoms with Crippen molar-refractivity contribution in [1.82, 2.24) is 19.4 Å². The lowest BCUT2D eigenvalue weighted by Crippen LogP contribution is -2.42. The topological polar surface area (TPSA) is 51.9 Å². The van der Waals surface area contributed by atoms with Gasteiger partial charge < -0.3 is 14.5 Å². The number of rotatable bonds is 5. The van der Waals surface area contributed by atoms with E-state index < -0.39 is 0 Å². The number of imidazole rings is 1. The molecule has 1 N–H and O–H groups in total. The molecule has 2 aromatic heterocycles. The molecule has 1 aliphatic rings. The smallest absolute Gasteiger partial charge is 0.222 e. The molecule has 1 saturated heterocycles. The van der Waals surface area contributed by atoms with Gasteiger partial charge in [0.05, 0.1) is 29.0 Å². The number of carbonyl (C=O) groups excluding carboxylic acids is 1. The van der Waals surface area contributed by atoms with E-state index in [2.05, 4.69) is 32.9 Å². The summed E-state index contributed by atoms with van der Waals surface area (Å²) in [5, 5.41) is 3.19. The maximum absolute atomic E-state index is 13.0. The lowest BCUT2D eigenvalue weighted by atomic mass is 9.87. The Morgan fingerprint density at radius 3 is 2.63 bits per heavy atom. The highest BCUT2D eigenvalue weighted by atomic mass is 32.2. The maximum Gasteiger partial charge on any atom is 0.222 e. The summed E-state index contributed by atoms with van der Waals surface area (Å²) < 4.78 is 4.31. The lowest BCUT2D eigenvalue weighted by molar-refractivity contribution is -0.124. The van der Waals surface area contributed by atoms with Gasteiger partial charge in [-0.2, -0.15) is 11.8 Å². The van der Waals surface area contributed by atoms with Crippen molar-refractivity contribution in [2.45, 2.75) is 37.8 Å². The van der Waals surface area contributed by atoms with Crippen LogP contribution < -0.4 is 5.32 Å². The molecule has 1 aliphatic heterocycles. The Bertz CT molecular complexity index is 925. The molecule has 6 heteroatoms. The summed E-state index contributed by atoms with van der Waals surface area (Å²) >= 11 is 1.98. The van der Waals surface area contributed by atoms with E-state index in [4.69, 9.17) is 4.98 Å². The van der Waals surface area contributed by atoms with Gasteiger partial charge in [-0.15, -0.1) is 0 Å². The molecule has 1 amide bonds. The van der Waals surface area contributed by atoms with Crippen molar-refractivity contribution in [2.75, 3.05) is 11.5 Å². The van der Waals surface area contributed by atoms with E-state index in [-0.39, 0.29) is 17.5 Å². The van der Waals surface area contributed by atoms with Crippen LogP contribution in [0.4, 0.5) is 0 Å². The number of para-hydroxylation sites is 2. The van der Waals surface area contributed by atoms with E-state index in [1.54, 1.807) is 0 Å². The van der Waals surface area contributed by atoms with Gasteiger partial charge in [0.25, 0.3) is 0 Å². The first-order chi connectivity index (χ1) is 13.1. The summed E-state index contributed by atoms with van der Waals surface area (Å²) in [5.41, 5.74) is 1.94. The molecule has 1 aromatic carbocycles. The molecule has 27 heavy (non-hydrogen) atoms. The number of nitrogens with zero attached hydrogens (tertiary/aromatic N) is 3. The lowest BCUT2D eigenvalue weighted by Gasteiger charge is -2.38. The van der Waals surface area contributed by atoms with Gasteiger partial charge in [-0.25, -0.2) is 4.98 Å². The van der Waals surface area contributed by atoms with E-state index in [0.29, 0.717) is 6.42 Å². The molecule has 3 aromatic rings. The van der Waals surface area contributed by atoms with Gasteiger partial charge in [0.15, 0.2) is 0 Å². The number of hydrogen-bond acceptors (Lipinski definition) is 3. The number of benzene rings is 1. The van der Waals surface area contributed by atoms with Crippen LogP contribution in [0.1, 0.15) is 38.1 Å². The Labute approximate surface area is 164 Å². The average Bonchev–Trinajstić information content (AvgIpc) is 3.32. The first-order valence-electron chi connectivity index (χ1n) is 9.51. The minimum atomic E-state index is -0.130. The molecule has 1 atom stereocenters. The number of hydrogen-bond donors (Lipinski definition) is 1. The Hall–Kier alpha value is -2.21. The zero-order valence-electron chi connectivity index (χ0n) is 15.9. The minimum Gasteiger partial charge on any atom is -0.348 e. The molecule has 3 heterocycles. The summed E-state index contributed by atoms with van der Waals surface area (Å²) in [6.45, 7) is 2.01. The minimum absolute atomic E-state index is 0.0927. The first-order valence-corrected chi connectivity index (χ1v) is 10.7. The van der Waals surface area contributed by atoms with Crippen molar-refractivity contribution in [2.24, 2.45) is 7.05 Å². The number of fused-ring (bicyclic) bond motifs is 1. The quantitative estimate of drug-likeness (QED) is 0.729. The Balaban J connectivity index is 1.51. The fraction of sp³-hybridized carbons (Fsp3) is 0.429. The number of thioether (sulfide) groups is 1. The SMILES string of the molecule is CC(NC(=O)CC1(n2cccc2)CCSCC1)c1nc2ccccc2n1C. The van der Waals surface area contributed by atoms with Crippen molar-refractivity contribution in [3.63, 3.8) is 0 Å². The molecule has 0 radical (unpaired) electrons. The Kier molecular flexibility index (Phi) is 5.00. The summed E-state index contributed by atoms with van der Waals surface area (Å²) in [4.78, 5) is 17.7. The highest BCUT2D eigenvalue weighted by Crippen LogP contribution is 2.37. The molecule has 1 unspecified atom stereocenters. The highest BCUT2D eigenvalue weighted by molar-refractivity contribution is 7.99. The van der Waals surface area contributed by atoms with Crippen LogP contribution in [0, 0.1) is 0 Å². The van der Waals surface area contributed by atoms with Crippen LogP contribution in [-0.2, 0) is 17.4 Å². The van der Waals surface area contributed by atoms with Crippen LogP contribution >= 0.6 is 11.8 Å². The second-order valence-corrected chi connectivity index (χ2v) is 8.64. The highest BCUT2D eigenvalue weighted by Gasteiger charge is 2.36. The Morgan fingerprint density at radius 1 is 1.22 bits per heavy atom. The number of amides is 1. The van der Waals surface area contributed by atoms with Gasteiger partial charge in [0.1, 0.15) is 5.82 Å². The molecule has 0 spiro atoms. The first kappa shape index (κ1) is 18.2. The van der Waals surface area contributed by atoms with Gasteiger partial charge in [-0.05, 0) is 55.5 Å². The summed E-state index contributed by atoms with van der Waals surface area (Å²) in [6, 6.07) is 12.0. The molecule has 1 fully saturated rings. The average molecular weight is 383 g/mol. The van der Waals surface area contributed by atoms with Gasteiger partial charge in [-0.1, -0.05) is 12.1 Å². The number of aryl methyl sites for hydroxylation is 1. The summed E-state index contributed by atoms with van der Waals surface area (Å²) in [6.07, 6.45) is 6.76. The number of nitrogens with one attached hydrogen (secondary N) is 1. The molecular formula is C21H26N4OS. The zero-order chi connectivity index (χ0) is 18.9. The fourth-order valence-corrected chi connectivity index (χ4v) is 5.39. The van der Waals surface area contributed by atoms with Crippen molar-refractivity contribution in [1.29, 1.82) is 0 Å². The van der Waals surface area contributed by atoms with Crippen molar-refractivity contribution in [3.8, 4) is 0 Å². The normalized spacial score (nSPS) is 17.7. The predicted octanol–water partition coefficient (Wildman–Crippen LogP) is 3.86. The summed E-state index contributed by atoms with van der Waals surface area (Å²) in [7, 11) is 2.01. The van der Waals surface area contributed by atoms with Crippen LogP contribution in [0.25, 0.3) is 11.0 Å². The number of carbonyl (C=O) groups is 1. The third-order valence-corrected chi connectivity index (χ3v) is 6.64. The van der Waals surface area contributed by atoms with Gasteiger partial charge in [-0.3, -0.25) is 4.79 Å². The largest absolute Gasteiger partial charge is 0.348 e. The van der Waals surface area contributed by atoms with Gasteiger partial charge in [0, 0.05) is 19.4 Å².